The molecule has 4 rings (SSSR count). The number of hydrogen-bond acceptors (Lipinski definition) is 6. The number of hydrogen-bond donors (Lipinski definition) is 2. The van der Waals surface area contributed by atoms with Crippen molar-refractivity contribution in [2.45, 2.75) is 11.3 Å². The van der Waals surface area contributed by atoms with Crippen LogP contribution in [-0.4, -0.2) is 35.9 Å². The van der Waals surface area contributed by atoms with Crippen LogP contribution in [0.3, 0.4) is 0 Å². The molecule has 1 aliphatic heterocycles. The Bertz CT molecular complexity index is 1080. The molecule has 3 aromatic rings. The van der Waals surface area contributed by atoms with E-state index in [-0.39, 0.29) is 24.4 Å². The molecule has 2 N–H and O–H groups in total. The molecule has 2 heterocycles. The van der Waals surface area contributed by atoms with Gasteiger partial charge in [0.2, 0.25) is 12.7 Å². The van der Waals surface area contributed by atoms with Crippen molar-refractivity contribution in [3.63, 3.8) is 0 Å². The number of fused-ring (bicyclic) bond motifs is 1. The Labute approximate surface area is 184 Å². The first-order valence-electron chi connectivity index (χ1n) is 9.78. The third-order valence-electron chi connectivity index (χ3n) is 4.54. The molecule has 158 valence electrons. The lowest BCUT2D eigenvalue weighted by molar-refractivity contribution is -0.113. The summed E-state index contributed by atoms with van der Waals surface area (Å²) in [6.45, 7) is 0.669. The Kier molecular flexibility index (Phi) is 6.68. The molecule has 0 radical (unpaired) electrons. The first-order valence-corrected chi connectivity index (χ1v) is 10.8. The molecule has 0 fully saturated rings. The van der Waals surface area contributed by atoms with Crippen LogP contribution in [0.1, 0.15) is 16.1 Å². The highest BCUT2D eigenvalue weighted by Gasteiger charge is 2.15. The van der Waals surface area contributed by atoms with Gasteiger partial charge in [-0.3, -0.25) is 14.6 Å². The van der Waals surface area contributed by atoms with Gasteiger partial charge in [-0.25, -0.2) is 0 Å². The molecule has 0 unspecified atom stereocenters. The number of ether oxygens (including phenoxy) is 2. The van der Waals surface area contributed by atoms with Crippen LogP contribution in [0, 0.1) is 0 Å². The summed E-state index contributed by atoms with van der Waals surface area (Å²) in [6.07, 6.45) is 2.39. The number of nitrogens with zero attached hydrogens (tertiary/aromatic N) is 1. The first-order chi connectivity index (χ1) is 15.2. The van der Waals surface area contributed by atoms with Crippen molar-refractivity contribution in [3.8, 4) is 11.5 Å². The summed E-state index contributed by atoms with van der Waals surface area (Å²) >= 11 is 1.32. The van der Waals surface area contributed by atoms with Gasteiger partial charge in [0.1, 0.15) is 0 Å². The van der Waals surface area contributed by atoms with Crippen molar-refractivity contribution in [1.82, 2.24) is 10.3 Å². The van der Waals surface area contributed by atoms with Gasteiger partial charge in [-0.05, 0) is 36.4 Å². The fourth-order valence-electron chi connectivity index (χ4n) is 3.04. The van der Waals surface area contributed by atoms with E-state index in [4.69, 9.17) is 9.47 Å². The number of benzene rings is 2. The van der Waals surface area contributed by atoms with E-state index in [0.717, 1.165) is 10.6 Å². The fourth-order valence-corrected chi connectivity index (χ4v) is 3.89. The van der Waals surface area contributed by atoms with Crippen LogP contribution in [0.5, 0.6) is 11.5 Å². The average molecular weight is 436 g/mol. The van der Waals surface area contributed by atoms with E-state index in [9.17, 15) is 9.59 Å². The second kappa shape index (κ2) is 9.99. The second-order valence-electron chi connectivity index (χ2n) is 6.73. The van der Waals surface area contributed by atoms with Gasteiger partial charge in [-0.15, -0.1) is 11.8 Å². The second-order valence-corrected chi connectivity index (χ2v) is 7.75. The van der Waals surface area contributed by atoms with E-state index >= 15 is 0 Å². The number of rotatable bonds is 8. The number of thioether (sulfide) groups is 1. The van der Waals surface area contributed by atoms with Gasteiger partial charge in [-0.1, -0.05) is 18.2 Å². The van der Waals surface area contributed by atoms with Gasteiger partial charge in [0, 0.05) is 41.5 Å². The smallest absolute Gasteiger partial charge is 0.252 e. The van der Waals surface area contributed by atoms with Crippen molar-refractivity contribution < 1.29 is 19.1 Å². The maximum atomic E-state index is 12.6. The van der Waals surface area contributed by atoms with E-state index in [1.807, 2.05) is 36.4 Å². The minimum absolute atomic E-state index is 0.171. The highest BCUT2D eigenvalue weighted by Crippen LogP contribution is 2.34. The molecular weight excluding hydrogens is 414 g/mol. The number of carbonyl (C=O) groups is 2. The summed E-state index contributed by atoms with van der Waals surface area (Å²) in [6, 6.07) is 18.2. The van der Waals surface area contributed by atoms with Crippen LogP contribution in [0.15, 0.2) is 71.8 Å². The van der Waals surface area contributed by atoms with E-state index in [1.54, 1.807) is 30.5 Å². The third-order valence-corrected chi connectivity index (χ3v) is 5.61. The number of pyridine rings is 1. The van der Waals surface area contributed by atoms with Crippen molar-refractivity contribution in [2.75, 3.05) is 24.4 Å². The van der Waals surface area contributed by atoms with Crippen molar-refractivity contribution >= 4 is 29.3 Å². The molecular formula is C23H21N3O4S. The van der Waals surface area contributed by atoms with Gasteiger partial charge in [-0.2, -0.15) is 0 Å². The zero-order chi connectivity index (χ0) is 21.5. The Hall–Kier alpha value is -3.52. The zero-order valence-corrected chi connectivity index (χ0v) is 17.5. The maximum absolute atomic E-state index is 12.6. The third kappa shape index (κ3) is 5.55. The molecule has 31 heavy (non-hydrogen) atoms. The number of amides is 2. The minimum Gasteiger partial charge on any atom is -0.454 e. The zero-order valence-electron chi connectivity index (χ0n) is 16.7. The summed E-state index contributed by atoms with van der Waals surface area (Å²) in [5.74, 6) is 1.10. The molecule has 0 saturated carbocycles. The van der Waals surface area contributed by atoms with E-state index in [1.165, 1.54) is 11.8 Å². The SMILES string of the molecule is O=C(CSc1ccccc1C(=O)NCCc1ccccn1)Nc1ccc2c(c1)OCO2. The molecule has 2 amide bonds. The molecule has 8 heteroatoms. The van der Waals surface area contributed by atoms with Gasteiger partial charge in [0.05, 0.1) is 11.3 Å². The summed E-state index contributed by atoms with van der Waals surface area (Å²) in [7, 11) is 0. The normalized spacial score (nSPS) is 11.7. The predicted molar refractivity (Wildman–Crippen MR) is 119 cm³/mol. The molecule has 2 aromatic carbocycles. The highest BCUT2D eigenvalue weighted by atomic mass is 32.2. The van der Waals surface area contributed by atoms with E-state index in [0.29, 0.717) is 35.7 Å². The van der Waals surface area contributed by atoms with Gasteiger partial charge >= 0.3 is 0 Å². The standard InChI is InChI=1S/C23H21N3O4S/c27-22(26-17-8-9-19-20(13-17)30-15-29-19)14-31-21-7-2-1-6-18(21)23(28)25-12-10-16-5-3-4-11-24-16/h1-9,11,13H,10,12,14-15H2,(H,25,28)(H,26,27). The molecule has 1 aliphatic rings. The summed E-state index contributed by atoms with van der Waals surface area (Å²) in [4.78, 5) is 30.0. The lowest BCUT2D eigenvalue weighted by Crippen LogP contribution is -2.26. The van der Waals surface area contributed by atoms with Crippen LogP contribution in [0.4, 0.5) is 5.69 Å². The largest absolute Gasteiger partial charge is 0.454 e. The average Bonchev–Trinajstić information content (AvgIpc) is 3.26. The van der Waals surface area contributed by atoms with Crippen LogP contribution < -0.4 is 20.1 Å². The lowest BCUT2D eigenvalue weighted by Gasteiger charge is -2.10. The molecule has 0 saturated heterocycles. The first kappa shape index (κ1) is 20.7. The van der Waals surface area contributed by atoms with Crippen LogP contribution in [-0.2, 0) is 11.2 Å². The number of anilines is 1. The quantitative estimate of drug-likeness (QED) is 0.527. The Morgan fingerprint density at radius 2 is 1.84 bits per heavy atom. The van der Waals surface area contributed by atoms with Crippen LogP contribution >= 0.6 is 11.8 Å². The molecule has 1 aromatic heterocycles. The van der Waals surface area contributed by atoms with Crippen molar-refractivity contribution in [1.29, 1.82) is 0 Å². The van der Waals surface area contributed by atoms with Gasteiger partial charge in [0.25, 0.3) is 5.91 Å². The van der Waals surface area contributed by atoms with Gasteiger partial charge < -0.3 is 20.1 Å². The molecule has 0 spiro atoms. The fraction of sp³-hybridized carbons (Fsp3) is 0.174. The van der Waals surface area contributed by atoms with Crippen LogP contribution in [0.25, 0.3) is 0 Å². The minimum atomic E-state index is -0.172. The summed E-state index contributed by atoms with van der Waals surface area (Å²) in [5, 5.41) is 5.76. The number of carbonyl (C=O) groups excluding carboxylic acids is 2. The van der Waals surface area contributed by atoms with Crippen molar-refractivity contribution in [3.05, 3.63) is 78.1 Å². The van der Waals surface area contributed by atoms with E-state index in [2.05, 4.69) is 15.6 Å². The summed E-state index contributed by atoms with van der Waals surface area (Å²) in [5.41, 5.74) is 2.10. The Morgan fingerprint density at radius 1 is 1.00 bits per heavy atom. The van der Waals surface area contributed by atoms with Gasteiger partial charge in [0.15, 0.2) is 11.5 Å². The number of nitrogens with one attached hydrogen (secondary N) is 2. The molecule has 0 atom stereocenters. The molecule has 0 bridgehead atoms. The topological polar surface area (TPSA) is 89.6 Å². The maximum Gasteiger partial charge on any atom is 0.252 e. The predicted octanol–water partition coefficient (Wildman–Crippen LogP) is 3.51. The molecule has 7 nitrogen and oxygen atoms in total. The Morgan fingerprint density at radius 3 is 2.71 bits per heavy atom. The Balaban J connectivity index is 1.30. The monoisotopic (exact) mass is 435 g/mol. The number of aromatic nitrogens is 1. The van der Waals surface area contributed by atoms with Crippen LogP contribution in [0.2, 0.25) is 0 Å². The summed E-state index contributed by atoms with van der Waals surface area (Å²) < 4.78 is 10.6. The van der Waals surface area contributed by atoms with E-state index < -0.39 is 0 Å². The highest BCUT2D eigenvalue weighted by molar-refractivity contribution is 8.00. The lowest BCUT2D eigenvalue weighted by atomic mass is 10.2. The molecule has 0 aliphatic carbocycles. The van der Waals surface area contributed by atoms with Crippen molar-refractivity contribution in [2.24, 2.45) is 0 Å².